The molecule has 0 unspecified atom stereocenters. The summed E-state index contributed by atoms with van der Waals surface area (Å²) in [4.78, 5) is 37.9. The first kappa shape index (κ1) is 57.4. The number of hydrogen-bond donors (Lipinski definition) is 0. The minimum Gasteiger partial charge on any atom is -0.462 e. The Balaban J connectivity index is 4.43. The van der Waals surface area contributed by atoms with Gasteiger partial charge in [-0.2, -0.15) is 0 Å². The van der Waals surface area contributed by atoms with Crippen LogP contribution in [0.4, 0.5) is 0 Å². The van der Waals surface area contributed by atoms with Crippen LogP contribution in [0.2, 0.25) is 0 Å². The summed E-state index contributed by atoms with van der Waals surface area (Å²) in [5.74, 6) is -0.937. The number of allylic oxidation sites excluding steroid dienone is 8. The van der Waals surface area contributed by atoms with Crippen LogP contribution in [0.1, 0.15) is 258 Å². The lowest BCUT2D eigenvalue weighted by Crippen LogP contribution is -2.30. The van der Waals surface area contributed by atoms with Gasteiger partial charge < -0.3 is 14.2 Å². The first-order valence-corrected chi connectivity index (χ1v) is 25.6. The quantitative estimate of drug-likeness (QED) is 0.0263. The van der Waals surface area contributed by atoms with Crippen LogP contribution in [0.15, 0.2) is 48.6 Å². The minimum atomic E-state index is -0.789. The van der Waals surface area contributed by atoms with E-state index in [-0.39, 0.29) is 37.5 Å². The Morgan fingerprint density at radius 3 is 1.00 bits per heavy atom. The van der Waals surface area contributed by atoms with Crippen LogP contribution in [0.25, 0.3) is 0 Å². The SMILES string of the molecule is CCCCCC=CCC=CCC=CCC=CCCCC(=O)OC[C@@H](COC(=O)CCCCCCCCCCCCCC)OC(=O)CCCCCCCCCCCCCCC. The summed E-state index contributed by atoms with van der Waals surface area (Å²) in [6.07, 6.45) is 58.1. The van der Waals surface area contributed by atoms with Gasteiger partial charge in [0.25, 0.3) is 0 Å². The normalized spacial score (nSPS) is 12.4. The third-order valence-electron chi connectivity index (χ3n) is 11.1. The molecule has 0 aromatic rings. The number of unbranched alkanes of at least 4 members (excludes halogenated alkanes) is 27. The molecule has 1 atom stereocenters. The van der Waals surface area contributed by atoms with Gasteiger partial charge in [-0.25, -0.2) is 0 Å². The summed E-state index contributed by atoms with van der Waals surface area (Å²) >= 11 is 0. The molecule has 0 saturated carbocycles. The smallest absolute Gasteiger partial charge is 0.306 e. The molecule has 348 valence electrons. The third-order valence-corrected chi connectivity index (χ3v) is 11.1. The van der Waals surface area contributed by atoms with Crippen molar-refractivity contribution in [3.05, 3.63) is 48.6 Å². The van der Waals surface area contributed by atoms with E-state index in [4.69, 9.17) is 14.2 Å². The van der Waals surface area contributed by atoms with E-state index in [1.54, 1.807) is 0 Å². The van der Waals surface area contributed by atoms with Crippen LogP contribution in [-0.2, 0) is 28.6 Å². The Morgan fingerprint density at radius 2 is 0.617 bits per heavy atom. The first-order valence-electron chi connectivity index (χ1n) is 25.6. The number of carbonyl (C=O) groups excluding carboxylic acids is 3. The van der Waals surface area contributed by atoms with E-state index >= 15 is 0 Å². The van der Waals surface area contributed by atoms with E-state index in [0.717, 1.165) is 64.2 Å². The number of esters is 3. The van der Waals surface area contributed by atoms with E-state index in [1.807, 2.05) is 0 Å². The lowest BCUT2D eigenvalue weighted by Gasteiger charge is -2.18. The highest BCUT2D eigenvalue weighted by atomic mass is 16.6. The van der Waals surface area contributed by atoms with Gasteiger partial charge in [0.1, 0.15) is 13.2 Å². The summed E-state index contributed by atoms with van der Waals surface area (Å²) in [7, 11) is 0. The molecule has 0 amide bonds. The summed E-state index contributed by atoms with van der Waals surface area (Å²) in [6.45, 7) is 6.57. The van der Waals surface area contributed by atoms with Crippen LogP contribution in [0.3, 0.4) is 0 Å². The first-order chi connectivity index (χ1) is 29.5. The Bertz CT molecular complexity index is 1060. The van der Waals surface area contributed by atoms with Crippen molar-refractivity contribution in [2.45, 2.75) is 264 Å². The van der Waals surface area contributed by atoms with Gasteiger partial charge in [0, 0.05) is 19.3 Å². The molecular formula is C54H96O6. The topological polar surface area (TPSA) is 78.9 Å². The van der Waals surface area contributed by atoms with Crippen LogP contribution in [0, 0.1) is 0 Å². The highest BCUT2D eigenvalue weighted by molar-refractivity contribution is 5.71. The van der Waals surface area contributed by atoms with Gasteiger partial charge in [-0.05, 0) is 57.8 Å². The predicted octanol–water partition coefficient (Wildman–Crippen LogP) is 16.7. The van der Waals surface area contributed by atoms with Crippen LogP contribution >= 0.6 is 0 Å². The minimum absolute atomic E-state index is 0.0864. The zero-order valence-corrected chi connectivity index (χ0v) is 39.7. The van der Waals surface area contributed by atoms with E-state index in [9.17, 15) is 14.4 Å². The molecule has 0 bridgehead atoms. The number of hydrogen-bond acceptors (Lipinski definition) is 6. The maximum Gasteiger partial charge on any atom is 0.306 e. The lowest BCUT2D eigenvalue weighted by molar-refractivity contribution is -0.167. The Kier molecular flexibility index (Phi) is 46.9. The maximum absolute atomic E-state index is 12.8. The molecule has 0 aromatic heterocycles. The fourth-order valence-electron chi connectivity index (χ4n) is 7.20. The number of rotatable bonds is 46. The lowest BCUT2D eigenvalue weighted by atomic mass is 10.0. The summed E-state index contributed by atoms with van der Waals surface area (Å²) in [5.41, 5.74) is 0. The molecule has 0 aliphatic heterocycles. The van der Waals surface area contributed by atoms with Crippen molar-refractivity contribution in [3.8, 4) is 0 Å². The van der Waals surface area contributed by atoms with Gasteiger partial charge in [-0.15, -0.1) is 0 Å². The molecule has 0 aliphatic rings. The molecule has 0 fully saturated rings. The van der Waals surface area contributed by atoms with E-state index in [0.29, 0.717) is 19.3 Å². The number of carbonyl (C=O) groups is 3. The van der Waals surface area contributed by atoms with Crippen LogP contribution in [-0.4, -0.2) is 37.2 Å². The van der Waals surface area contributed by atoms with Crippen molar-refractivity contribution in [1.29, 1.82) is 0 Å². The summed E-state index contributed by atoms with van der Waals surface area (Å²) < 4.78 is 16.7. The van der Waals surface area contributed by atoms with Crippen molar-refractivity contribution >= 4 is 17.9 Å². The molecule has 6 nitrogen and oxygen atoms in total. The largest absolute Gasteiger partial charge is 0.462 e. The van der Waals surface area contributed by atoms with Gasteiger partial charge in [-0.3, -0.25) is 14.4 Å². The highest BCUT2D eigenvalue weighted by Crippen LogP contribution is 2.15. The van der Waals surface area contributed by atoms with Crippen LogP contribution < -0.4 is 0 Å². The van der Waals surface area contributed by atoms with E-state index in [2.05, 4.69) is 69.4 Å². The standard InChI is InChI=1S/C54H96O6/c1-4-7-10-13-16-19-22-25-26-27-28-30-32-35-38-41-44-47-53(56)59-50-51(49-58-52(55)46-43-40-37-34-31-24-21-18-15-12-9-6-3)60-54(57)48-45-42-39-36-33-29-23-20-17-14-11-8-5-2/h16,19,25-26,28,30,35,38,51H,4-15,17-18,20-24,27,29,31-34,36-37,39-50H2,1-3H3/t51-/m1/s1. The second-order valence-electron chi connectivity index (χ2n) is 17.1. The molecule has 0 N–H and O–H groups in total. The molecule has 0 heterocycles. The van der Waals surface area contributed by atoms with Crippen molar-refractivity contribution < 1.29 is 28.6 Å². The van der Waals surface area contributed by atoms with Crippen molar-refractivity contribution in [1.82, 2.24) is 0 Å². The van der Waals surface area contributed by atoms with Gasteiger partial charge in [0.2, 0.25) is 0 Å². The molecule has 0 aromatic carbocycles. The van der Waals surface area contributed by atoms with E-state index < -0.39 is 6.10 Å². The molecule has 0 radical (unpaired) electrons. The fourth-order valence-corrected chi connectivity index (χ4v) is 7.20. The molecule has 0 saturated heterocycles. The average molecular weight is 841 g/mol. The van der Waals surface area contributed by atoms with Crippen molar-refractivity contribution in [3.63, 3.8) is 0 Å². The highest BCUT2D eigenvalue weighted by Gasteiger charge is 2.19. The number of ether oxygens (including phenoxy) is 3. The van der Waals surface area contributed by atoms with Crippen molar-refractivity contribution in [2.24, 2.45) is 0 Å². The Morgan fingerprint density at radius 1 is 0.333 bits per heavy atom. The molecule has 0 aliphatic carbocycles. The van der Waals surface area contributed by atoms with Crippen molar-refractivity contribution in [2.75, 3.05) is 13.2 Å². The summed E-state index contributed by atoms with van der Waals surface area (Å²) in [5, 5.41) is 0. The second kappa shape index (κ2) is 49.0. The van der Waals surface area contributed by atoms with Gasteiger partial charge >= 0.3 is 17.9 Å². The van der Waals surface area contributed by atoms with Crippen LogP contribution in [0.5, 0.6) is 0 Å². The molecule has 6 heteroatoms. The second-order valence-corrected chi connectivity index (χ2v) is 17.1. The predicted molar refractivity (Wildman–Crippen MR) is 256 cm³/mol. The Hall–Kier alpha value is -2.63. The average Bonchev–Trinajstić information content (AvgIpc) is 3.24. The monoisotopic (exact) mass is 841 g/mol. The molecule has 0 spiro atoms. The zero-order chi connectivity index (χ0) is 43.7. The van der Waals surface area contributed by atoms with Gasteiger partial charge in [0.05, 0.1) is 0 Å². The maximum atomic E-state index is 12.8. The molecular weight excluding hydrogens is 745 g/mol. The third kappa shape index (κ3) is 46.4. The van der Waals surface area contributed by atoms with E-state index in [1.165, 1.54) is 148 Å². The fraction of sp³-hybridized carbons (Fsp3) is 0.796. The Labute approximate surface area is 371 Å². The van der Waals surface area contributed by atoms with Gasteiger partial charge in [0.15, 0.2) is 6.10 Å². The zero-order valence-electron chi connectivity index (χ0n) is 39.7. The summed E-state index contributed by atoms with van der Waals surface area (Å²) in [6, 6.07) is 0. The molecule has 0 rings (SSSR count). The molecule has 60 heavy (non-hydrogen) atoms. The van der Waals surface area contributed by atoms with Gasteiger partial charge in [-0.1, -0.05) is 230 Å².